The highest BCUT2D eigenvalue weighted by atomic mass is 16.2. The first kappa shape index (κ1) is 10.1. The molecule has 0 bridgehead atoms. The minimum absolute atomic E-state index is 0.0513. The fraction of sp³-hybridized carbons (Fsp3) is 0.375. The number of isocyanates is 1. The number of aliphatic imine (C=N–C) groups is 1. The molecule has 14 heavy (non-hydrogen) atoms. The van der Waals surface area contributed by atoms with Gasteiger partial charge in [0.15, 0.2) is 5.69 Å². The number of hydrogen-bond donors (Lipinski definition) is 0. The van der Waals surface area contributed by atoms with E-state index in [1.54, 1.807) is 6.92 Å². The van der Waals surface area contributed by atoms with Crippen molar-refractivity contribution < 1.29 is 4.79 Å². The second-order valence-corrected chi connectivity index (χ2v) is 2.84. The molecule has 1 aromatic heterocycles. The van der Waals surface area contributed by atoms with Crippen molar-refractivity contribution in [1.82, 2.24) is 9.13 Å². The first-order chi connectivity index (χ1) is 6.50. The van der Waals surface area contributed by atoms with Gasteiger partial charge in [0.2, 0.25) is 6.08 Å². The lowest BCUT2D eigenvalue weighted by Gasteiger charge is -2.06. The predicted octanol–water partition coefficient (Wildman–Crippen LogP) is -0.640. The van der Waals surface area contributed by atoms with Gasteiger partial charge >= 0.3 is 5.69 Å². The second kappa shape index (κ2) is 3.43. The molecule has 0 aliphatic heterocycles. The third-order valence-corrected chi connectivity index (χ3v) is 2.08. The molecule has 0 aliphatic carbocycles. The molecule has 0 aromatic carbocycles. The lowest BCUT2D eigenvalue weighted by atomic mass is 10.3. The monoisotopic (exact) mass is 195 g/mol. The maximum Gasteiger partial charge on any atom is 0.330 e. The molecule has 1 aromatic rings. The zero-order valence-electron chi connectivity index (χ0n) is 8.07. The van der Waals surface area contributed by atoms with Gasteiger partial charge in [-0.1, -0.05) is 0 Å². The number of rotatable bonds is 1. The standard InChI is InChI=1S/C8H9N3O3/c1-5-6(9-4-12)7(13)11(3)8(14)10(5)2/h1-3H3. The minimum atomic E-state index is -0.589. The molecule has 0 fully saturated rings. The van der Waals surface area contributed by atoms with Crippen LogP contribution in [0.25, 0.3) is 0 Å². The van der Waals surface area contributed by atoms with Crippen molar-refractivity contribution in [2.75, 3.05) is 0 Å². The van der Waals surface area contributed by atoms with Gasteiger partial charge in [-0.05, 0) is 6.92 Å². The Hall–Kier alpha value is -1.94. The molecular weight excluding hydrogens is 186 g/mol. The van der Waals surface area contributed by atoms with E-state index < -0.39 is 11.2 Å². The zero-order valence-corrected chi connectivity index (χ0v) is 8.07. The average molecular weight is 195 g/mol. The van der Waals surface area contributed by atoms with Gasteiger partial charge in [-0.2, -0.15) is 4.99 Å². The van der Waals surface area contributed by atoms with Crippen LogP contribution in [0.5, 0.6) is 0 Å². The molecular formula is C8H9N3O3. The van der Waals surface area contributed by atoms with Crippen molar-refractivity contribution in [3.8, 4) is 0 Å². The molecule has 6 heteroatoms. The molecule has 0 saturated carbocycles. The van der Waals surface area contributed by atoms with E-state index in [0.717, 1.165) is 4.57 Å². The van der Waals surface area contributed by atoms with Crippen molar-refractivity contribution >= 4 is 11.8 Å². The van der Waals surface area contributed by atoms with Crippen LogP contribution in [0.4, 0.5) is 5.69 Å². The van der Waals surface area contributed by atoms with Crippen molar-refractivity contribution in [3.05, 3.63) is 26.5 Å². The van der Waals surface area contributed by atoms with Gasteiger partial charge in [0.05, 0.1) is 5.69 Å². The van der Waals surface area contributed by atoms with E-state index in [2.05, 4.69) is 4.99 Å². The summed E-state index contributed by atoms with van der Waals surface area (Å²) in [4.78, 5) is 36.1. The molecule has 6 nitrogen and oxygen atoms in total. The predicted molar refractivity (Wildman–Crippen MR) is 49.4 cm³/mol. The molecule has 0 saturated heterocycles. The summed E-state index contributed by atoms with van der Waals surface area (Å²) in [5.41, 5.74) is -0.739. The van der Waals surface area contributed by atoms with Gasteiger partial charge in [-0.3, -0.25) is 13.9 Å². The number of nitrogens with zero attached hydrogens (tertiary/aromatic N) is 3. The van der Waals surface area contributed by atoms with Crippen molar-refractivity contribution in [3.63, 3.8) is 0 Å². The Bertz CT molecular complexity index is 532. The molecule has 0 unspecified atom stereocenters. The molecule has 74 valence electrons. The Morgan fingerprint density at radius 3 is 2.29 bits per heavy atom. The van der Waals surface area contributed by atoms with Crippen LogP contribution in [0.2, 0.25) is 0 Å². The van der Waals surface area contributed by atoms with E-state index in [4.69, 9.17) is 0 Å². The van der Waals surface area contributed by atoms with E-state index in [9.17, 15) is 14.4 Å². The van der Waals surface area contributed by atoms with Gasteiger partial charge in [-0.25, -0.2) is 9.59 Å². The van der Waals surface area contributed by atoms with Crippen molar-refractivity contribution in [1.29, 1.82) is 0 Å². The van der Waals surface area contributed by atoms with Gasteiger partial charge in [0, 0.05) is 14.1 Å². The molecule has 1 rings (SSSR count). The van der Waals surface area contributed by atoms with E-state index in [1.807, 2.05) is 0 Å². The van der Waals surface area contributed by atoms with E-state index in [0.29, 0.717) is 5.69 Å². The fourth-order valence-electron chi connectivity index (χ4n) is 1.10. The maximum absolute atomic E-state index is 11.4. The van der Waals surface area contributed by atoms with Crippen LogP contribution in [0.3, 0.4) is 0 Å². The van der Waals surface area contributed by atoms with Crippen LogP contribution >= 0.6 is 0 Å². The molecule has 0 N–H and O–H groups in total. The van der Waals surface area contributed by atoms with Crippen LogP contribution in [0.1, 0.15) is 5.69 Å². The summed E-state index contributed by atoms with van der Waals surface area (Å²) in [5.74, 6) is 0. The lowest BCUT2D eigenvalue weighted by Crippen LogP contribution is -2.37. The molecule has 1 heterocycles. The Balaban J connectivity index is 3.87. The zero-order chi connectivity index (χ0) is 10.9. The first-order valence-corrected chi connectivity index (χ1v) is 3.85. The summed E-state index contributed by atoms with van der Waals surface area (Å²) in [6.45, 7) is 1.54. The number of hydrogen-bond acceptors (Lipinski definition) is 4. The summed E-state index contributed by atoms with van der Waals surface area (Å²) in [5, 5.41) is 0. The van der Waals surface area contributed by atoms with Crippen molar-refractivity contribution in [2.45, 2.75) is 6.92 Å². The van der Waals surface area contributed by atoms with Gasteiger partial charge in [0.1, 0.15) is 0 Å². The highest BCUT2D eigenvalue weighted by Crippen LogP contribution is 2.07. The summed E-state index contributed by atoms with van der Waals surface area (Å²) in [7, 11) is 2.83. The Kier molecular flexibility index (Phi) is 2.49. The average Bonchev–Trinajstić information content (AvgIpc) is 2.19. The Morgan fingerprint density at radius 2 is 1.79 bits per heavy atom. The summed E-state index contributed by atoms with van der Waals surface area (Å²) in [6, 6.07) is 0. The van der Waals surface area contributed by atoms with Crippen LogP contribution in [0, 0.1) is 6.92 Å². The fourth-order valence-corrected chi connectivity index (χ4v) is 1.10. The Morgan fingerprint density at radius 1 is 1.21 bits per heavy atom. The summed E-state index contributed by atoms with van der Waals surface area (Å²) < 4.78 is 2.14. The molecule has 0 aliphatic rings. The number of carbonyl (C=O) groups excluding carboxylic acids is 1. The quantitative estimate of drug-likeness (QED) is 0.442. The summed E-state index contributed by atoms with van der Waals surface area (Å²) >= 11 is 0. The van der Waals surface area contributed by atoms with Gasteiger partial charge < -0.3 is 0 Å². The second-order valence-electron chi connectivity index (χ2n) is 2.84. The van der Waals surface area contributed by atoms with Gasteiger partial charge in [0.25, 0.3) is 5.56 Å². The van der Waals surface area contributed by atoms with Crippen LogP contribution in [0.15, 0.2) is 14.6 Å². The normalized spacial score (nSPS) is 9.64. The molecule has 0 spiro atoms. The SMILES string of the molecule is Cc1c(N=C=O)c(=O)n(C)c(=O)n1C. The first-order valence-electron chi connectivity index (χ1n) is 3.85. The third kappa shape index (κ3) is 1.31. The largest absolute Gasteiger partial charge is 0.330 e. The van der Waals surface area contributed by atoms with Gasteiger partial charge in [-0.15, -0.1) is 0 Å². The van der Waals surface area contributed by atoms with E-state index >= 15 is 0 Å². The van der Waals surface area contributed by atoms with Crippen molar-refractivity contribution in [2.24, 2.45) is 19.1 Å². The number of aromatic nitrogens is 2. The highest BCUT2D eigenvalue weighted by molar-refractivity contribution is 5.49. The van der Waals surface area contributed by atoms with E-state index in [-0.39, 0.29) is 5.69 Å². The van der Waals surface area contributed by atoms with Crippen LogP contribution < -0.4 is 11.2 Å². The smallest absolute Gasteiger partial charge is 0.299 e. The minimum Gasteiger partial charge on any atom is -0.299 e. The van der Waals surface area contributed by atoms with Crippen LogP contribution in [-0.4, -0.2) is 15.2 Å². The Labute approximate surface area is 79.1 Å². The lowest BCUT2D eigenvalue weighted by molar-refractivity contribution is 0.565. The summed E-state index contributed by atoms with van der Waals surface area (Å²) in [6.07, 6.45) is 1.29. The molecule has 0 amide bonds. The van der Waals surface area contributed by atoms with Crippen LogP contribution in [-0.2, 0) is 18.9 Å². The molecule has 0 radical (unpaired) electrons. The van der Waals surface area contributed by atoms with E-state index in [1.165, 1.54) is 24.7 Å². The maximum atomic E-state index is 11.4. The molecule has 0 atom stereocenters. The third-order valence-electron chi connectivity index (χ3n) is 2.08. The topological polar surface area (TPSA) is 73.4 Å². The highest BCUT2D eigenvalue weighted by Gasteiger charge is 2.10.